The van der Waals surface area contributed by atoms with Crippen molar-refractivity contribution in [1.82, 2.24) is 5.32 Å². The summed E-state index contributed by atoms with van der Waals surface area (Å²) in [5.41, 5.74) is 1.41. The fraction of sp³-hybridized carbons (Fsp3) is 0.267. The van der Waals surface area contributed by atoms with Crippen molar-refractivity contribution in [3.8, 4) is 0 Å². The topological polar surface area (TPSA) is 72.5 Å². The molecule has 0 fully saturated rings. The maximum atomic E-state index is 11.9. The van der Waals surface area contributed by atoms with Crippen molar-refractivity contribution < 1.29 is 17.4 Å². The van der Waals surface area contributed by atoms with Gasteiger partial charge in [0.15, 0.2) is 0 Å². The molecule has 0 spiro atoms. The second-order valence-electron chi connectivity index (χ2n) is 4.28. The number of carbonyl (C=O) groups is 1. The van der Waals surface area contributed by atoms with Gasteiger partial charge in [-0.15, -0.1) is 0 Å². The molecule has 1 aromatic carbocycles. The second kappa shape index (κ2) is 7.75. The van der Waals surface area contributed by atoms with Gasteiger partial charge in [-0.25, -0.2) is 0 Å². The first-order valence-electron chi connectivity index (χ1n) is 6.41. The van der Waals surface area contributed by atoms with Crippen molar-refractivity contribution in [2.45, 2.75) is 18.7 Å². The number of likely N-dealkylation sites (N-methyl/N-ethyl adjacent to an activating group) is 1. The Balaban J connectivity index is 2.66. The highest BCUT2D eigenvalue weighted by molar-refractivity contribution is 7.86. The number of amides is 1. The molecular formula is C15H19NO4S. The van der Waals surface area contributed by atoms with Crippen LogP contribution in [-0.4, -0.2) is 28.0 Å². The largest absolute Gasteiger partial charge is 0.355 e. The first-order valence-corrected chi connectivity index (χ1v) is 7.82. The highest BCUT2D eigenvalue weighted by atomic mass is 32.2. The molecule has 0 aromatic heterocycles. The van der Waals surface area contributed by atoms with E-state index in [1.807, 2.05) is 6.92 Å². The first-order chi connectivity index (χ1) is 9.90. The number of hydrogen-bond donors (Lipinski definition) is 1. The number of carbonyl (C=O) groups excluding carboxylic acids is 1. The second-order valence-corrected chi connectivity index (χ2v) is 5.89. The van der Waals surface area contributed by atoms with E-state index in [-0.39, 0.29) is 17.4 Å². The molecule has 5 nitrogen and oxygen atoms in total. The van der Waals surface area contributed by atoms with E-state index in [0.717, 1.165) is 5.56 Å². The molecule has 0 radical (unpaired) electrons. The maximum Gasteiger partial charge on any atom is 0.297 e. The molecule has 0 saturated heterocycles. The Hall–Kier alpha value is -1.92. The van der Waals surface area contributed by atoms with Gasteiger partial charge in [0.25, 0.3) is 16.0 Å². The minimum Gasteiger partial charge on any atom is -0.355 e. The molecule has 0 aliphatic carbocycles. The summed E-state index contributed by atoms with van der Waals surface area (Å²) in [5, 5.41) is 2.49. The smallest absolute Gasteiger partial charge is 0.297 e. The average Bonchev–Trinajstić information content (AvgIpc) is 2.47. The van der Waals surface area contributed by atoms with Crippen LogP contribution in [0.25, 0.3) is 0 Å². The van der Waals surface area contributed by atoms with Crippen LogP contribution < -0.4 is 5.32 Å². The third-order valence-corrected chi connectivity index (χ3v) is 4.02. The lowest BCUT2D eigenvalue weighted by Crippen LogP contribution is -2.19. The van der Waals surface area contributed by atoms with Crippen molar-refractivity contribution >= 4 is 16.0 Å². The van der Waals surface area contributed by atoms with Crippen molar-refractivity contribution in [2.75, 3.05) is 13.7 Å². The predicted molar refractivity (Wildman–Crippen MR) is 81.3 cm³/mol. The van der Waals surface area contributed by atoms with Crippen LogP contribution in [0.15, 0.2) is 53.0 Å². The van der Waals surface area contributed by atoms with Crippen molar-refractivity contribution in [3.63, 3.8) is 0 Å². The quantitative estimate of drug-likeness (QED) is 0.495. The molecule has 1 aromatic rings. The first kappa shape index (κ1) is 17.1. The van der Waals surface area contributed by atoms with Gasteiger partial charge in [-0.2, -0.15) is 8.42 Å². The Kier molecular flexibility index (Phi) is 6.33. The highest BCUT2D eigenvalue weighted by Gasteiger charge is 2.13. The lowest BCUT2D eigenvalue weighted by Gasteiger charge is -2.04. The molecule has 0 aliphatic heterocycles. The fourth-order valence-electron chi connectivity index (χ4n) is 1.52. The van der Waals surface area contributed by atoms with Gasteiger partial charge < -0.3 is 5.32 Å². The van der Waals surface area contributed by atoms with Crippen LogP contribution >= 0.6 is 0 Å². The van der Waals surface area contributed by atoms with Crippen LogP contribution in [0, 0.1) is 6.92 Å². The summed E-state index contributed by atoms with van der Waals surface area (Å²) >= 11 is 0. The monoisotopic (exact) mass is 309 g/mol. The zero-order chi connectivity index (χ0) is 15.9. The van der Waals surface area contributed by atoms with E-state index in [0.29, 0.717) is 5.57 Å². The summed E-state index contributed by atoms with van der Waals surface area (Å²) in [6.45, 7) is 3.46. The molecule has 0 bridgehead atoms. The molecule has 0 aliphatic rings. The fourth-order valence-corrected chi connectivity index (χ4v) is 2.39. The molecule has 1 rings (SSSR count). The van der Waals surface area contributed by atoms with E-state index < -0.39 is 10.1 Å². The number of hydrogen-bond acceptors (Lipinski definition) is 4. The number of benzene rings is 1. The minimum atomic E-state index is -3.78. The SMILES string of the molecule is C/C=C(\C=C/COS(=O)(=O)c1ccc(C)cc1)C(=O)NC. The Morgan fingerprint density at radius 1 is 1.29 bits per heavy atom. The molecule has 6 heteroatoms. The zero-order valence-corrected chi connectivity index (χ0v) is 13.1. The highest BCUT2D eigenvalue weighted by Crippen LogP contribution is 2.13. The Morgan fingerprint density at radius 2 is 1.90 bits per heavy atom. The average molecular weight is 309 g/mol. The molecule has 21 heavy (non-hydrogen) atoms. The lowest BCUT2D eigenvalue weighted by atomic mass is 10.2. The van der Waals surface area contributed by atoms with Gasteiger partial charge in [0.05, 0.1) is 11.5 Å². The van der Waals surface area contributed by atoms with Gasteiger partial charge in [-0.05, 0) is 26.0 Å². The molecule has 1 N–H and O–H groups in total. The number of aryl methyl sites for hydroxylation is 1. The Bertz CT molecular complexity index is 643. The van der Waals surface area contributed by atoms with E-state index in [9.17, 15) is 13.2 Å². The number of rotatable bonds is 6. The minimum absolute atomic E-state index is 0.110. The van der Waals surface area contributed by atoms with Gasteiger partial charge in [0.1, 0.15) is 0 Å². The predicted octanol–water partition coefficient (Wildman–Crippen LogP) is 1.95. The summed E-state index contributed by atoms with van der Waals surface area (Å²) in [7, 11) is -2.25. The maximum absolute atomic E-state index is 11.9. The summed E-state index contributed by atoms with van der Waals surface area (Å²) in [4.78, 5) is 11.5. The standard InChI is InChI=1S/C15H19NO4S/c1-4-13(15(17)16-3)6-5-11-20-21(18,19)14-9-7-12(2)8-10-14/h4-10H,11H2,1-3H3,(H,16,17)/b6-5-,13-4+. The van der Waals surface area contributed by atoms with Crippen molar-refractivity contribution in [1.29, 1.82) is 0 Å². The molecule has 0 atom stereocenters. The third-order valence-electron chi connectivity index (χ3n) is 2.73. The van der Waals surface area contributed by atoms with Crippen LogP contribution in [-0.2, 0) is 19.1 Å². The summed E-state index contributed by atoms with van der Waals surface area (Å²) in [6, 6.07) is 6.40. The molecule has 1 amide bonds. The van der Waals surface area contributed by atoms with Gasteiger partial charge in [-0.1, -0.05) is 35.9 Å². The van der Waals surface area contributed by atoms with Crippen molar-refractivity contribution in [2.24, 2.45) is 0 Å². The molecule has 0 heterocycles. The van der Waals surface area contributed by atoms with Crippen LogP contribution in [0.3, 0.4) is 0 Å². The zero-order valence-electron chi connectivity index (χ0n) is 12.3. The van der Waals surface area contributed by atoms with E-state index in [2.05, 4.69) is 5.32 Å². The Morgan fingerprint density at radius 3 is 2.43 bits per heavy atom. The number of nitrogens with one attached hydrogen (secondary N) is 1. The van der Waals surface area contributed by atoms with Crippen LogP contribution in [0.4, 0.5) is 0 Å². The molecule has 0 unspecified atom stereocenters. The molecular weight excluding hydrogens is 290 g/mol. The van der Waals surface area contributed by atoms with Gasteiger partial charge in [0.2, 0.25) is 0 Å². The van der Waals surface area contributed by atoms with Gasteiger partial charge >= 0.3 is 0 Å². The van der Waals surface area contributed by atoms with E-state index in [1.165, 1.54) is 31.3 Å². The van der Waals surface area contributed by atoms with Crippen LogP contribution in [0.1, 0.15) is 12.5 Å². The van der Waals surface area contributed by atoms with Gasteiger partial charge in [0, 0.05) is 12.6 Å². The van der Waals surface area contributed by atoms with E-state index in [1.54, 1.807) is 25.1 Å². The van der Waals surface area contributed by atoms with E-state index in [4.69, 9.17) is 4.18 Å². The summed E-state index contributed by atoms with van der Waals surface area (Å²) in [6.07, 6.45) is 4.63. The molecule has 0 saturated carbocycles. The van der Waals surface area contributed by atoms with Crippen LogP contribution in [0.5, 0.6) is 0 Å². The Labute approximate surface area is 125 Å². The van der Waals surface area contributed by atoms with Gasteiger partial charge in [-0.3, -0.25) is 8.98 Å². The van der Waals surface area contributed by atoms with E-state index >= 15 is 0 Å². The summed E-state index contributed by atoms with van der Waals surface area (Å²) in [5.74, 6) is -0.241. The van der Waals surface area contributed by atoms with Crippen molar-refractivity contribution in [3.05, 3.63) is 53.6 Å². The normalized spacial score (nSPS) is 12.6. The molecule has 114 valence electrons. The van der Waals surface area contributed by atoms with Crippen LogP contribution in [0.2, 0.25) is 0 Å². The lowest BCUT2D eigenvalue weighted by molar-refractivity contribution is -0.116. The number of allylic oxidation sites excluding steroid dienone is 1. The summed E-state index contributed by atoms with van der Waals surface area (Å²) < 4.78 is 28.7. The third kappa shape index (κ3) is 5.17.